The van der Waals surface area contributed by atoms with Crippen LogP contribution in [0.2, 0.25) is 0 Å². The fourth-order valence-electron chi connectivity index (χ4n) is 2.73. The van der Waals surface area contributed by atoms with Gasteiger partial charge in [-0.15, -0.1) is 0 Å². The Bertz CT molecular complexity index is 1030. The van der Waals surface area contributed by atoms with E-state index < -0.39 is 0 Å². The van der Waals surface area contributed by atoms with E-state index in [4.69, 9.17) is 4.74 Å². The number of imidazole rings is 1. The molecule has 130 valence electrons. The molecule has 7 nitrogen and oxygen atoms in total. The average molecular weight is 347 g/mol. The normalized spacial score (nSPS) is 10.8. The SMILES string of the molecule is COc1ccccc1CNC(=O)c1cnn(-c2nc3ccccc3[nH]2)c1. The summed E-state index contributed by atoms with van der Waals surface area (Å²) in [6, 6.07) is 15.3. The Morgan fingerprint density at radius 3 is 2.85 bits per heavy atom. The maximum atomic E-state index is 12.4. The van der Waals surface area contributed by atoms with Crippen LogP contribution in [0.25, 0.3) is 17.0 Å². The van der Waals surface area contributed by atoms with E-state index in [1.54, 1.807) is 18.0 Å². The molecule has 0 radical (unpaired) electrons. The van der Waals surface area contributed by atoms with Crippen LogP contribution in [0.3, 0.4) is 0 Å². The van der Waals surface area contributed by atoms with Crippen molar-refractivity contribution < 1.29 is 9.53 Å². The van der Waals surface area contributed by atoms with Crippen molar-refractivity contribution in [1.82, 2.24) is 25.1 Å². The number of nitrogens with zero attached hydrogens (tertiary/aromatic N) is 3. The first-order valence-electron chi connectivity index (χ1n) is 8.14. The molecular formula is C19H17N5O2. The lowest BCUT2D eigenvalue weighted by atomic mass is 10.2. The molecule has 0 aliphatic rings. The van der Waals surface area contributed by atoms with E-state index in [1.165, 1.54) is 6.20 Å². The highest BCUT2D eigenvalue weighted by molar-refractivity contribution is 5.93. The van der Waals surface area contributed by atoms with Crippen molar-refractivity contribution in [1.29, 1.82) is 0 Å². The molecule has 1 amide bonds. The predicted octanol–water partition coefficient (Wildman–Crippen LogP) is 2.69. The van der Waals surface area contributed by atoms with Crippen LogP contribution < -0.4 is 10.1 Å². The molecule has 4 rings (SSSR count). The molecule has 2 heterocycles. The van der Waals surface area contributed by atoms with Crippen molar-refractivity contribution >= 4 is 16.9 Å². The summed E-state index contributed by atoms with van der Waals surface area (Å²) in [5.41, 5.74) is 3.13. The summed E-state index contributed by atoms with van der Waals surface area (Å²) < 4.78 is 6.85. The third-order valence-electron chi connectivity index (χ3n) is 4.07. The number of ether oxygens (including phenoxy) is 1. The maximum Gasteiger partial charge on any atom is 0.254 e. The summed E-state index contributed by atoms with van der Waals surface area (Å²) in [4.78, 5) is 20.0. The highest BCUT2D eigenvalue weighted by Crippen LogP contribution is 2.17. The lowest BCUT2D eigenvalue weighted by molar-refractivity contribution is 0.0950. The number of methoxy groups -OCH3 is 1. The molecule has 0 spiro atoms. The zero-order chi connectivity index (χ0) is 17.9. The lowest BCUT2D eigenvalue weighted by Gasteiger charge is -2.08. The molecule has 0 saturated heterocycles. The minimum atomic E-state index is -0.210. The number of benzene rings is 2. The van der Waals surface area contributed by atoms with E-state index in [1.807, 2.05) is 48.5 Å². The van der Waals surface area contributed by atoms with E-state index >= 15 is 0 Å². The van der Waals surface area contributed by atoms with Crippen molar-refractivity contribution in [3.63, 3.8) is 0 Å². The molecule has 26 heavy (non-hydrogen) atoms. The molecule has 2 aromatic carbocycles. The number of carbonyl (C=O) groups excluding carboxylic acids is 1. The third kappa shape index (κ3) is 3.02. The van der Waals surface area contributed by atoms with Gasteiger partial charge in [0.25, 0.3) is 5.91 Å². The zero-order valence-corrected chi connectivity index (χ0v) is 14.1. The van der Waals surface area contributed by atoms with Gasteiger partial charge >= 0.3 is 0 Å². The molecule has 0 fully saturated rings. The second kappa shape index (κ2) is 6.72. The van der Waals surface area contributed by atoms with Crippen LogP contribution in [0.4, 0.5) is 0 Å². The Kier molecular flexibility index (Phi) is 4.10. The lowest BCUT2D eigenvalue weighted by Crippen LogP contribution is -2.22. The van der Waals surface area contributed by atoms with Crippen molar-refractivity contribution in [2.75, 3.05) is 7.11 Å². The number of hydrogen-bond acceptors (Lipinski definition) is 4. The topological polar surface area (TPSA) is 84.8 Å². The number of nitrogens with one attached hydrogen (secondary N) is 2. The van der Waals surface area contributed by atoms with Gasteiger partial charge in [0.15, 0.2) is 0 Å². The largest absolute Gasteiger partial charge is 0.496 e. The van der Waals surface area contributed by atoms with Crippen LogP contribution in [0, 0.1) is 0 Å². The number of fused-ring (bicyclic) bond motifs is 1. The number of H-pyrrole nitrogens is 1. The Morgan fingerprint density at radius 1 is 1.19 bits per heavy atom. The predicted molar refractivity (Wildman–Crippen MR) is 97.4 cm³/mol. The van der Waals surface area contributed by atoms with Crippen LogP contribution in [0.5, 0.6) is 5.75 Å². The number of amides is 1. The Hall–Kier alpha value is -3.61. The van der Waals surface area contributed by atoms with E-state index in [0.717, 1.165) is 22.3 Å². The summed E-state index contributed by atoms with van der Waals surface area (Å²) in [6.45, 7) is 0.374. The summed E-state index contributed by atoms with van der Waals surface area (Å²) in [6.07, 6.45) is 3.17. The van der Waals surface area contributed by atoms with Crippen molar-refractivity contribution in [2.45, 2.75) is 6.54 Å². The summed E-state index contributed by atoms with van der Waals surface area (Å²) in [5.74, 6) is 1.10. The van der Waals surface area contributed by atoms with Gasteiger partial charge in [0, 0.05) is 18.3 Å². The first-order valence-corrected chi connectivity index (χ1v) is 8.14. The number of rotatable bonds is 5. The molecule has 0 atom stereocenters. The van der Waals surface area contributed by atoms with E-state index in [2.05, 4.69) is 20.4 Å². The van der Waals surface area contributed by atoms with Crippen LogP contribution in [0.15, 0.2) is 60.9 Å². The fourth-order valence-corrected chi connectivity index (χ4v) is 2.73. The van der Waals surface area contributed by atoms with E-state index in [9.17, 15) is 4.79 Å². The molecule has 4 aromatic rings. The van der Waals surface area contributed by atoms with Gasteiger partial charge in [-0.3, -0.25) is 4.79 Å². The van der Waals surface area contributed by atoms with Crippen LogP contribution >= 0.6 is 0 Å². The van der Waals surface area contributed by atoms with Gasteiger partial charge in [-0.1, -0.05) is 30.3 Å². The van der Waals surface area contributed by atoms with Gasteiger partial charge in [-0.25, -0.2) is 9.67 Å². The third-order valence-corrected chi connectivity index (χ3v) is 4.07. The van der Waals surface area contributed by atoms with Crippen LogP contribution in [-0.2, 0) is 6.54 Å². The van der Waals surface area contributed by atoms with Crippen LogP contribution in [0.1, 0.15) is 15.9 Å². The highest BCUT2D eigenvalue weighted by atomic mass is 16.5. The second-order valence-electron chi connectivity index (χ2n) is 5.75. The molecule has 0 aliphatic heterocycles. The summed E-state index contributed by atoms with van der Waals surface area (Å²) in [5, 5.41) is 7.11. The van der Waals surface area contributed by atoms with Gasteiger partial charge in [-0.05, 0) is 18.2 Å². The fraction of sp³-hybridized carbons (Fsp3) is 0.105. The van der Waals surface area contributed by atoms with Gasteiger partial charge in [-0.2, -0.15) is 5.10 Å². The zero-order valence-electron chi connectivity index (χ0n) is 14.1. The van der Waals surface area contributed by atoms with Gasteiger partial charge in [0.1, 0.15) is 5.75 Å². The van der Waals surface area contributed by atoms with Crippen LogP contribution in [-0.4, -0.2) is 32.8 Å². The maximum absolute atomic E-state index is 12.4. The standard InChI is InChI=1S/C19H17N5O2/c1-26-17-9-5-2-6-13(17)10-20-18(25)14-11-21-24(12-14)19-22-15-7-3-4-8-16(15)23-19/h2-9,11-12H,10H2,1H3,(H,20,25)(H,22,23). The first-order chi connectivity index (χ1) is 12.7. The number of aromatic amines is 1. The highest BCUT2D eigenvalue weighted by Gasteiger charge is 2.12. The van der Waals surface area contributed by atoms with Crippen molar-refractivity contribution in [2.24, 2.45) is 0 Å². The molecule has 0 saturated carbocycles. The minimum Gasteiger partial charge on any atom is -0.496 e. The second-order valence-corrected chi connectivity index (χ2v) is 5.75. The molecule has 7 heteroatoms. The molecule has 0 unspecified atom stereocenters. The molecule has 0 bridgehead atoms. The van der Waals surface area contributed by atoms with Crippen molar-refractivity contribution in [3.8, 4) is 11.7 Å². The monoisotopic (exact) mass is 347 g/mol. The number of para-hydroxylation sites is 3. The van der Waals surface area contributed by atoms with Gasteiger partial charge in [0.2, 0.25) is 5.95 Å². The Balaban J connectivity index is 1.49. The quantitative estimate of drug-likeness (QED) is 0.581. The molecule has 0 aliphatic carbocycles. The summed E-state index contributed by atoms with van der Waals surface area (Å²) >= 11 is 0. The number of aromatic nitrogens is 4. The molecule has 2 aromatic heterocycles. The Morgan fingerprint density at radius 2 is 2.00 bits per heavy atom. The Labute approximate surface area is 149 Å². The number of carbonyl (C=O) groups is 1. The minimum absolute atomic E-state index is 0.210. The van der Waals surface area contributed by atoms with E-state index in [-0.39, 0.29) is 5.91 Å². The average Bonchev–Trinajstić information content (AvgIpc) is 3.33. The molecular weight excluding hydrogens is 330 g/mol. The number of hydrogen-bond donors (Lipinski definition) is 2. The first kappa shape index (κ1) is 15.9. The molecule has 2 N–H and O–H groups in total. The summed E-state index contributed by atoms with van der Waals surface area (Å²) in [7, 11) is 1.61. The van der Waals surface area contributed by atoms with Gasteiger partial charge < -0.3 is 15.0 Å². The smallest absolute Gasteiger partial charge is 0.254 e. The van der Waals surface area contributed by atoms with Gasteiger partial charge in [0.05, 0.1) is 29.9 Å². The van der Waals surface area contributed by atoms with E-state index in [0.29, 0.717) is 18.1 Å². The van der Waals surface area contributed by atoms with Crippen molar-refractivity contribution in [3.05, 3.63) is 72.1 Å².